The molecule has 0 N–H and O–H groups in total. The van der Waals surface area contributed by atoms with E-state index in [0.717, 1.165) is 0 Å². The van der Waals surface area contributed by atoms with E-state index in [1.165, 1.54) is 18.2 Å². The largest absolute Gasteiger partial charge is 0.491 e. The minimum Gasteiger partial charge on any atom is -0.491 e. The molecule has 5 heteroatoms. The Morgan fingerprint density at radius 3 is 2.79 bits per heavy atom. The molecule has 0 aliphatic rings. The van der Waals surface area contributed by atoms with Gasteiger partial charge in [-0.15, -0.1) is 4.91 Å². The number of hydrogen-bond acceptors (Lipinski definition) is 4. The number of hydrogen-bond donors (Lipinski definition) is 0. The molecule has 14 heavy (non-hydrogen) atoms. The lowest BCUT2D eigenvalue weighted by atomic mass is 10.2. The molecule has 1 aromatic rings. The summed E-state index contributed by atoms with van der Waals surface area (Å²) in [5, 5.41) is 2.17. The van der Waals surface area contributed by atoms with Gasteiger partial charge in [-0.05, 0) is 41.9 Å². The molecule has 0 heterocycles. The average Bonchev–Trinajstić information content (AvgIpc) is 2.18. The highest BCUT2D eigenvalue weighted by molar-refractivity contribution is 6.67. The molecule has 0 aromatic heterocycles. The van der Waals surface area contributed by atoms with Gasteiger partial charge < -0.3 is 4.74 Å². The predicted molar refractivity (Wildman–Crippen MR) is 53.2 cm³/mol. The second-order valence-electron chi connectivity index (χ2n) is 2.48. The normalized spacial score (nSPS) is 9.57. The van der Waals surface area contributed by atoms with Crippen molar-refractivity contribution >= 4 is 22.5 Å². The molecule has 0 atom stereocenters. The molecule has 4 nitrogen and oxygen atoms in total. The lowest BCUT2D eigenvalue weighted by molar-refractivity contribution is 0.108. The average molecular weight is 214 g/mol. The first-order chi connectivity index (χ1) is 6.69. The molecular weight excluding hydrogens is 206 g/mol. The molecule has 0 aliphatic heterocycles. The van der Waals surface area contributed by atoms with Gasteiger partial charge >= 0.3 is 0 Å². The Bertz CT molecular complexity index is 365. The van der Waals surface area contributed by atoms with E-state index in [9.17, 15) is 9.70 Å². The summed E-state index contributed by atoms with van der Waals surface area (Å²) in [6.07, 6.45) is 0. The predicted octanol–water partition coefficient (Wildman–Crippen LogP) is 2.86. The lowest BCUT2D eigenvalue weighted by Crippen LogP contribution is -1.95. The van der Waals surface area contributed by atoms with Crippen LogP contribution in [0.3, 0.4) is 0 Å². The Balaban J connectivity index is 3.13. The molecule has 0 aliphatic carbocycles. The van der Waals surface area contributed by atoms with Crippen LogP contribution >= 0.6 is 11.6 Å². The van der Waals surface area contributed by atoms with E-state index >= 15 is 0 Å². The highest BCUT2D eigenvalue weighted by Crippen LogP contribution is 2.28. The topological polar surface area (TPSA) is 55.7 Å². The Kier molecular flexibility index (Phi) is 3.59. The summed E-state index contributed by atoms with van der Waals surface area (Å²) < 4.78 is 5.11. The van der Waals surface area contributed by atoms with Crippen molar-refractivity contribution in [2.24, 2.45) is 5.18 Å². The summed E-state index contributed by atoms with van der Waals surface area (Å²) in [5.41, 5.74) is 0.441. The van der Waals surface area contributed by atoms with Gasteiger partial charge in [0.25, 0.3) is 5.24 Å². The van der Waals surface area contributed by atoms with Gasteiger partial charge in [-0.1, -0.05) is 0 Å². The summed E-state index contributed by atoms with van der Waals surface area (Å²) in [7, 11) is 0. The van der Waals surface area contributed by atoms with E-state index in [0.29, 0.717) is 6.61 Å². The Morgan fingerprint density at radius 1 is 1.57 bits per heavy atom. The number of ether oxygens (including phenoxy) is 1. The minimum atomic E-state index is -0.594. The Hall–Kier alpha value is -1.42. The molecule has 0 amide bonds. The summed E-state index contributed by atoms with van der Waals surface area (Å²) in [4.78, 5) is 21.1. The van der Waals surface area contributed by atoms with Crippen LogP contribution in [0.2, 0.25) is 0 Å². The van der Waals surface area contributed by atoms with Crippen molar-refractivity contribution in [3.8, 4) is 5.75 Å². The molecule has 0 radical (unpaired) electrons. The fourth-order valence-electron chi connectivity index (χ4n) is 0.983. The van der Waals surface area contributed by atoms with E-state index in [4.69, 9.17) is 16.3 Å². The zero-order chi connectivity index (χ0) is 10.6. The van der Waals surface area contributed by atoms with Crippen molar-refractivity contribution in [3.05, 3.63) is 28.7 Å². The first kappa shape index (κ1) is 10.7. The summed E-state index contributed by atoms with van der Waals surface area (Å²) in [5.74, 6) is 0.272. The number of halogens is 1. The summed E-state index contributed by atoms with van der Waals surface area (Å²) in [6, 6.07) is 4.22. The molecule has 0 fully saturated rings. The fraction of sp³-hybridized carbons (Fsp3) is 0.222. The van der Waals surface area contributed by atoms with Crippen LogP contribution in [0.1, 0.15) is 17.3 Å². The molecule has 0 spiro atoms. The third-order valence-corrected chi connectivity index (χ3v) is 1.80. The van der Waals surface area contributed by atoms with Crippen molar-refractivity contribution in [1.82, 2.24) is 0 Å². The van der Waals surface area contributed by atoms with Crippen LogP contribution in [0.5, 0.6) is 5.75 Å². The SMILES string of the molecule is CCOc1cc(C(=O)Cl)ccc1N=O. The van der Waals surface area contributed by atoms with E-state index < -0.39 is 5.24 Å². The minimum absolute atomic E-state index is 0.161. The summed E-state index contributed by atoms with van der Waals surface area (Å²) >= 11 is 5.27. The maximum Gasteiger partial charge on any atom is 0.252 e. The van der Waals surface area contributed by atoms with Crippen LogP contribution in [-0.2, 0) is 0 Å². The number of carbonyl (C=O) groups is 1. The van der Waals surface area contributed by atoms with Crippen molar-refractivity contribution < 1.29 is 9.53 Å². The zero-order valence-electron chi connectivity index (χ0n) is 7.49. The van der Waals surface area contributed by atoms with Gasteiger partial charge in [0.1, 0.15) is 11.4 Å². The monoisotopic (exact) mass is 213 g/mol. The molecule has 1 aromatic carbocycles. The molecule has 0 unspecified atom stereocenters. The molecular formula is C9H8ClNO3. The summed E-state index contributed by atoms with van der Waals surface area (Å²) in [6.45, 7) is 2.16. The van der Waals surface area contributed by atoms with Crippen LogP contribution in [0.15, 0.2) is 23.4 Å². The van der Waals surface area contributed by atoms with Gasteiger partial charge in [-0.3, -0.25) is 4.79 Å². The van der Waals surface area contributed by atoms with Crippen LogP contribution in [0, 0.1) is 4.91 Å². The first-order valence-corrected chi connectivity index (χ1v) is 4.37. The third-order valence-electron chi connectivity index (χ3n) is 1.58. The van der Waals surface area contributed by atoms with Gasteiger partial charge in [0.2, 0.25) is 0 Å². The maximum atomic E-state index is 10.8. The lowest BCUT2D eigenvalue weighted by Gasteiger charge is -2.05. The van der Waals surface area contributed by atoms with Gasteiger partial charge in [0, 0.05) is 5.56 Å². The van der Waals surface area contributed by atoms with Crippen molar-refractivity contribution in [3.63, 3.8) is 0 Å². The van der Waals surface area contributed by atoms with E-state index in [2.05, 4.69) is 5.18 Å². The van der Waals surface area contributed by atoms with Crippen molar-refractivity contribution in [1.29, 1.82) is 0 Å². The molecule has 0 bridgehead atoms. The zero-order valence-corrected chi connectivity index (χ0v) is 8.25. The van der Waals surface area contributed by atoms with Gasteiger partial charge in [0.15, 0.2) is 0 Å². The second kappa shape index (κ2) is 4.72. The van der Waals surface area contributed by atoms with Crippen LogP contribution in [0.25, 0.3) is 0 Å². The van der Waals surface area contributed by atoms with Gasteiger partial charge in [-0.2, -0.15) is 0 Å². The van der Waals surface area contributed by atoms with Crippen LogP contribution < -0.4 is 4.74 Å². The third kappa shape index (κ3) is 2.29. The Morgan fingerprint density at radius 2 is 2.29 bits per heavy atom. The fourth-order valence-corrected chi connectivity index (χ4v) is 1.10. The Labute approximate surface area is 85.8 Å². The maximum absolute atomic E-state index is 10.8. The molecule has 0 saturated heterocycles. The number of rotatable bonds is 4. The molecule has 74 valence electrons. The van der Waals surface area contributed by atoms with Gasteiger partial charge in [0.05, 0.1) is 6.61 Å². The standard InChI is InChI=1S/C9H8ClNO3/c1-2-14-8-5-6(9(10)12)3-4-7(8)11-13/h3-5H,2H2,1H3. The highest BCUT2D eigenvalue weighted by atomic mass is 35.5. The van der Waals surface area contributed by atoms with Crippen molar-refractivity contribution in [2.75, 3.05) is 6.61 Å². The van der Waals surface area contributed by atoms with E-state index in [-0.39, 0.29) is 17.0 Å². The number of benzene rings is 1. The number of carbonyl (C=O) groups excluding carboxylic acids is 1. The van der Waals surface area contributed by atoms with Crippen LogP contribution in [-0.4, -0.2) is 11.8 Å². The quantitative estimate of drug-likeness (QED) is 0.571. The smallest absolute Gasteiger partial charge is 0.252 e. The van der Waals surface area contributed by atoms with E-state index in [1.807, 2.05) is 0 Å². The van der Waals surface area contributed by atoms with Gasteiger partial charge in [-0.25, -0.2) is 0 Å². The molecule has 1 rings (SSSR count). The number of nitroso groups, excluding NO2 is 1. The van der Waals surface area contributed by atoms with Crippen LogP contribution in [0.4, 0.5) is 5.69 Å². The van der Waals surface area contributed by atoms with Crippen molar-refractivity contribution in [2.45, 2.75) is 6.92 Å². The highest BCUT2D eigenvalue weighted by Gasteiger charge is 2.08. The second-order valence-corrected chi connectivity index (χ2v) is 2.82. The first-order valence-electron chi connectivity index (χ1n) is 3.99. The number of nitrogens with zero attached hydrogens (tertiary/aromatic N) is 1. The molecule has 0 saturated carbocycles. The van der Waals surface area contributed by atoms with E-state index in [1.54, 1.807) is 6.92 Å².